The van der Waals surface area contributed by atoms with Crippen LogP contribution in [-0.2, 0) is 0 Å². The molecule has 2 fully saturated rings. The van der Waals surface area contributed by atoms with E-state index >= 15 is 0 Å². The highest BCUT2D eigenvalue weighted by Gasteiger charge is 2.44. The van der Waals surface area contributed by atoms with Gasteiger partial charge in [-0.05, 0) is 67.9 Å². The predicted molar refractivity (Wildman–Crippen MR) is 107 cm³/mol. The third kappa shape index (κ3) is 2.87. The topological polar surface area (TPSA) is 62.1 Å². The molecule has 0 unspecified atom stereocenters. The average molecular weight is 378 g/mol. The lowest BCUT2D eigenvalue weighted by Gasteiger charge is -2.38. The van der Waals surface area contributed by atoms with Gasteiger partial charge in [0.25, 0.3) is 0 Å². The van der Waals surface area contributed by atoms with Gasteiger partial charge in [-0.1, -0.05) is 6.07 Å². The number of hydrogen-bond donors (Lipinski definition) is 1. The summed E-state index contributed by atoms with van der Waals surface area (Å²) in [6.45, 7) is 0. The van der Waals surface area contributed by atoms with E-state index in [4.69, 9.17) is 0 Å². The molecule has 2 heterocycles. The van der Waals surface area contributed by atoms with Crippen molar-refractivity contribution < 1.29 is 9.50 Å². The van der Waals surface area contributed by atoms with Gasteiger partial charge in [-0.25, -0.2) is 4.39 Å². The van der Waals surface area contributed by atoms with E-state index in [2.05, 4.69) is 15.2 Å². The SMILES string of the molecule is CN(c1ccc(-c2cc3ncccc3cc2O)nn1)[C@H]1C[C@@H]2CC[C@@H](C2)[C@H]1F. The Hall–Kier alpha value is -2.76. The normalized spacial score (nSPS) is 26.5. The molecule has 2 bridgehead atoms. The molecule has 6 heteroatoms. The van der Waals surface area contributed by atoms with Gasteiger partial charge in [-0.2, -0.15) is 0 Å². The van der Waals surface area contributed by atoms with Gasteiger partial charge in [0.2, 0.25) is 0 Å². The molecule has 5 rings (SSSR count). The third-order valence-corrected chi connectivity index (χ3v) is 6.48. The summed E-state index contributed by atoms with van der Waals surface area (Å²) in [6, 6.07) is 10.8. The summed E-state index contributed by atoms with van der Waals surface area (Å²) < 4.78 is 14.9. The van der Waals surface area contributed by atoms with Crippen LogP contribution >= 0.6 is 0 Å². The minimum Gasteiger partial charge on any atom is -0.507 e. The van der Waals surface area contributed by atoms with Crippen molar-refractivity contribution in [2.75, 3.05) is 11.9 Å². The van der Waals surface area contributed by atoms with Gasteiger partial charge in [0.05, 0.1) is 17.3 Å². The lowest BCUT2D eigenvalue weighted by molar-refractivity contribution is 0.144. The van der Waals surface area contributed by atoms with Crippen molar-refractivity contribution in [3.8, 4) is 17.0 Å². The molecule has 1 N–H and O–H groups in total. The number of halogens is 1. The van der Waals surface area contributed by atoms with E-state index in [1.807, 2.05) is 42.3 Å². The molecule has 2 aliphatic carbocycles. The summed E-state index contributed by atoms with van der Waals surface area (Å²) in [5.41, 5.74) is 1.95. The third-order valence-electron chi connectivity index (χ3n) is 6.48. The zero-order chi connectivity index (χ0) is 19.3. The van der Waals surface area contributed by atoms with Crippen molar-refractivity contribution in [3.63, 3.8) is 0 Å². The number of aromatic hydroxyl groups is 1. The second kappa shape index (κ2) is 6.69. The number of fused-ring (bicyclic) bond motifs is 3. The zero-order valence-electron chi connectivity index (χ0n) is 15.8. The van der Waals surface area contributed by atoms with E-state index in [0.29, 0.717) is 23.0 Å². The van der Waals surface area contributed by atoms with E-state index in [9.17, 15) is 9.50 Å². The maximum absolute atomic E-state index is 14.9. The van der Waals surface area contributed by atoms with Gasteiger partial charge < -0.3 is 10.0 Å². The molecule has 1 aromatic carbocycles. The van der Waals surface area contributed by atoms with Crippen LogP contribution in [0.15, 0.2) is 42.6 Å². The molecule has 0 amide bonds. The first kappa shape index (κ1) is 17.3. The van der Waals surface area contributed by atoms with E-state index in [1.54, 1.807) is 12.3 Å². The summed E-state index contributed by atoms with van der Waals surface area (Å²) in [5.74, 6) is 1.64. The minimum atomic E-state index is -0.805. The number of phenolic OH excluding ortho intramolecular Hbond substituents is 1. The molecule has 28 heavy (non-hydrogen) atoms. The first-order valence-electron chi connectivity index (χ1n) is 9.89. The molecule has 0 radical (unpaired) electrons. The molecule has 0 aliphatic heterocycles. The zero-order valence-corrected chi connectivity index (χ0v) is 15.8. The number of aromatic nitrogens is 3. The number of nitrogens with zero attached hydrogens (tertiary/aromatic N) is 4. The van der Waals surface area contributed by atoms with Crippen LogP contribution in [-0.4, -0.2) is 39.5 Å². The van der Waals surface area contributed by atoms with Gasteiger partial charge in [-0.3, -0.25) is 4.98 Å². The van der Waals surface area contributed by atoms with Crippen LogP contribution in [0.1, 0.15) is 25.7 Å². The molecule has 2 aromatic heterocycles. The summed E-state index contributed by atoms with van der Waals surface area (Å²) in [5, 5.41) is 19.9. The molecule has 3 aromatic rings. The Balaban J connectivity index is 1.42. The van der Waals surface area contributed by atoms with E-state index in [1.165, 1.54) is 0 Å². The number of phenols is 1. The highest BCUT2D eigenvalue weighted by molar-refractivity contribution is 5.87. The number of alkyl halides is 1. The fraction of sp³-hybridized carbons (Fsp3) is 0.409. The standard InChI is InChI=1S/C22H23FN4O/c1-27(19-10-13-4-5-15(9-13)22(19)23)21-7-6-17(25-26-21)16-12-18-14(11-20(16)28)3-2-8-24-18/h2-3,6-8,11-13,15,19,22,28H,4-5,9-10H2,1H3/t13-,15+,19+,22-/m1/s1. The van der Waals surface area contributed by atoms with Gasteiger partial charge in [0.15, 0.2) is 5.82 Å². The maximum atomic E-state index is 14.9. The molecule has 0 spiro atoms. The molecular formula is C22H23FN4O. The minimum absolute atomic E-state index is 0.135. The molecule has 2 aliphatic rings. The molecule has 144 valence electrons. The van der Waals surface area contributed by atoms with Crippen LogP contribution in [0.25, 0.3) is 22.2 Å². The van der Waals surface area contributed by atoms with Gasteiger partial charge in [0, 0.05) is 24.2 Å². The summed E-state index contributed by atoms with van der Waals surface area (Å²) >= 11 is 0. The van der Waals surface area contributed by atoms with E-state index in [0.717, 1.165) is 36.6 Å². The molecule has 4 atom stereocenters. The quantitative estimate of drug-likeness (QED) is 0.734. The second-order valence-corrected chi connectivity index (χ2v) is 8.14. The number of pyridine rings is 1. The van der Waals surface area contributed by atoms with Gasteiger partial charge >= 0.3 is 0 Å². The van der Waals surface area contributed by atoms with Crippen molar-refractivity contribution in [2.45, 2.75) is 37.9 Å². The number of rotatable bonds is 3. The summed E-state index contributed by atoms with van der Waals surface area (Å²) in [7, 11) is 1.91. The Kier molecular flexibility index (Phi) is 4.14. The summed E-state index contributed by atoms with van der Waals surface area (Å²) in [4.78, 5) is 6.27. The highest BCUT2D eigenvalue weighted by Crippen LogP contribution is 2.45. The Morgan fingerprint density at radius 1 is 1.11 bits per heavy atom. The van der Waals surface area contributed by atoms with Crippen LogP contribution in [0.5, 0.6) is 5.75 Å². The van der Waals surface area contributed by atoms with Gasteiger partial charge in [-0.15, -0.1) is 10.2 Å². The van der Waals surface area contributed by atoms with Crippen molar-refractivity contribution in [1.29, 1.82) is 0 Å². The summed E-state index contributed by atoms with van der Waals surface area (Å²) in [6.07, 6.45) is 4.99. The van der Waals surface area contributed by atoms with E-state index < -0.39 is 6.17 Å². The second-order valence-electron chi connectivity index (χ2n) is 8.14. The lowest BCUT2D eigenvalue weighted by atomic mass is 9.83. The average Bonchev–Trinajstić information content (AvgIpc) is 3.13. The highest BCUT2D eigenvalue weighted by atomic mass is 19.1. The Morgan fingerprint density at radius 2 is 2.00 bits per heavy atom. The van der Waals surface area contributed by atoms with E-state index in [-0.39, 0.29) is 17.7 Å². The van der Waals surface area contributed by atoms with Crippen molar-refractivity contribution in [1.82, 2.24) is 15.2 Å². The molecule has 5 nitrogen and oxygen atoms in total. The van der Waals surface area contributed by atoms with Crippen molar-refractivity contribution in [2.24, 2.45) is 11.8 Å². The Bertz CT molecular complexity index is 1010. The molecule has 0 saturated heterocycles. The predicted octanol–water partition coefficient (Wildman–Crippen LogP) is 4.36. The Morgan fingerprint density at radius 3 is 2.82 bits per heavy atom. The first-order chi connectivity index (χ1) is 13.6. The number of benzene rings is 1. The fourth-order valence-electron chi connectivity index (χ4n) is 4.91. The van der Waals surface area contributed by atoms with Crippen LogP contribution in [0, 0.1) is 11.8 Å². The monoisotopic (exact) mass is 378 g/mol. The van der Waals surface area contributed by atoms with Crippen molar-refractivity contribution >= 4 is 16.7 Å². The Labute approximate surface area is 163 Å². The van der Waals surface area contributed by atoms with Crippen LogP contribution in [0.2, 0.25) is 0 Å². The van der Waals surface area contributed by atoms with Crippen molar-refractivity contribution in [3.05, 3.63) is 42.6 Å². The first-order valence-corrected chi connectivity index (χ1v) is 9.89. The molecular weight excluding hydrogens is 355 g/mol. The maximum Gasteiger partial charge on any atom is 0.151 e. The van der Waals surface area contributed by atoms with Gasteiger partial charge in [0.1, 0.15) is 11.9 Å². The smallest absolute Gasteiger partial charge is 0.151 e. The number of hydrogen-bond acceptors (Lipinski definition) is 5. The fourth-order valence-corrected chi connectivity index (χ4v) is 4.91. The van der Waals surface area contributed by atoms with Crippen LogP contribution in [0.4, 0.5) is 10.2 Å². The lowest BCUT2D eigenvalue weighted by Crippen LogP contribution is -2.46. The van der Waals surface area contributed by atoms with Crippen LogP contribution in [0.3, 0.4) is 0 Å². The molecule has 2 saturated carbocycles. The number of anilines is 1. The van der Waals surface area contributed by atoms with Crippen LogP contribution < -0.4 is 4.90 Å². The largest absolute Gasteiger partial charge is 0.507 e.